The highest BCUT2D eigenvalue weighted by Crippen LogP contribution is 2.45. The van der Waals surface area contributed by atoms with E-state index in [2.05, 4.69) is 191 Å². The van der Waals surface area contributed by atoms with Crippen LogP contribution in [0.3, 0.4) is 0 Å². The second-order valence-electron chi connectivity index (χ2n) is 16.6. The smallest absolute Gasteiger partial charge is 0.226 e. The molecule has 0 unspecified atom stereocenters. The Kier molecular flexibility index (Phi) is 8.73. The summed E-state index contributed by atoms with van der Waals surface area (Å²) < 4.78 is 2.60. The number of para-hydroxylation sites is 1. The summed E-state index contributed by atoms with van der Waals surface area (Å²) >= 11 is 8.36. The fraction of sp³-hybridized carbons (Fsp3) is 0. The average molecular weight is 867 g/mol. The first-order valence-corrected chi connectivity index (χ1v) is 22.9. The second-order valence-corrected chi connectivity index (χ2v) is 18.0. The number of nitrogens with one attached hydrogen (secondary N) is 1. The summed E-state index contributed by atoms with van der Waals surface area (Å²) in [6.45, 7) is 0. The highest BCUT2D eigenvalue weighted by molar-refractivity contribution is 7.26. The Morgan fingerprint density at radius 1 is 0.354 bits per heavy atom. The number of H-pyrrole nitrogens is 1. The molecule has 0 atom stereocenters. The number of hydrogen-bond donors (Lipinski definition) is 1. The lowest BCUT2D eigenvalue weighted by Crippen LogP contribution is -1.97. The SMILES string of the molecule is Clc1nc(-c2ccc(-c3ccccc3)cc2)nc(-c2ccc(-c3cccc(-c4ccc5c(ccc6sc7c(-c8cccc9c8[nH]c8c%10ccccc%10ccc98)cccc7c65)c4)c3)cc2)n1. The van der Waals surface area contributed by atoms with Gasteiger partial charge in [0, 0.05) is 58.6 Å². The zero-order chi connectivity index (χ0) is 43.0. The van der Waals surface area contributed by atoms with Crippen molar-refractivity contribution >= 4 is 86.5 Å². The van der Waals surface area contributed by atoms with Crippen molar-refractivity contribution in [1.29, 1.82) is 0 Å². The minimum absolute atomic E-state index is 0.162. The molecule has 304 valence electrons. The van der Waals surface area contributed by atoms with Gasteiger partial charge in [0.15, 0.2) is 11.6 Å². The number of benzene rings is 10. The van der Waals surface area contributed by atoms with Crippen LogP contribution >= 0.6 is 22.9 Å². The molecule has 0 spiro atoms. The van der Waals surface area contributed by atoms with Crippen molar-refractivity contribution in [2.45, 2.75) is 0 Å². The normalized spacial score (nSPS) is 11.8. The first-order valence-electron chi connectivity index (χ1n) is 21.7. The van der Waals surface area contributed by atoms with E-state index < -0.39 is 0 Å². The Morgan fingerprint density at radius 3 is 1.68 bits per heavy atom. The first-order chi connectivity index (χ1) is 32.1. The molecule has 0 saturated heterocycles. The third-order valence-electron chi connectivity index (χ3n) is 12.8. The van der Waals surface area contributed by atoms with Gasteiger partial charge in [-0.2, -0.15) is 9.97 Å². The van der Waals surface area contributed by atoms with E-state index in [9.17, 15) is 0 Å². The third-order valence-corrected chi connectivity index (χ3v) is 14.2. The summed E-state index contributed by atoms with van der Waals surface area (Å²) in [5.74, 6) is 1.07. The van der Waals surface area contributed by atoms with Crippen molar-refractivity contribution < 1.29 is 0 Å². The number of nitrogens with zero attached hydrogens (tertiary/aromatic N) is 3. The van der Waals surface area contributed by atoms with Crippen LogP contribution in [0.5, 0.6) is 0 Å². The lowest BCUT2D eigenvalue weighted by Gasteiger charge is -2.10. The molecule has 0 aliphatic carbocycles. The van der Waals surface area contributed by atoms with Crippen LogP contribution in [-0.4, -0.2) is 19.9 Å². The largest absolute Gasteiger partial charge is 0.353 e. The number of thiophene rings is 1. The average Bonchev–Trinajstić information content (AvgIpc) is 3.96. The molecule has 10 aromatic carbocycles. The minimum atomic E-state index is 0.162. The molecule has 65 heavy (non-hydrogen) atoms. The molecule has 0 aliphatic rings. The van der Waals surface area contributed by atoms with Crippen molar-refractivity contribution in [3.05, 3.63) is 212 Å². The van der Waals surface area contributed by atoms with Gasteiger partial charge in [-0.25, -0.2) is 4.98 Å². The predicted molar refractivity (Wildman–Crippen MR) is 275 cm³/mol. The molecule has 0 saturated carbocycles. The van der Waals surface area contributed by atoms with Gasteiger partial charge < -0.3 is 4.98 Å². The van der Waals surface area contributed by atoms with Gasteiger partial charge in [0.1, 0.15) is 0 Å². The van der Waals surface area contributed by atoms with E-state index in [0.29, 0.717) is 11.6 Å². The number of halogens is 1. The van der Waals surface area contributed by atoms with E-state index in [1.165, 1.54) is 80.2 Å². The molecule has 13 aromatic rings. The van der Waals surface area contributed by atoms with E-state index in [4.69, 9.17) is 16.6 Å². The molecular weight excluding hydrogens is 832 g/mol. The number of rotatable bonds is 6. The second kappa shape index (κ2) is 15.1. The van der Waals surface area contributed by atoms with Gasteiger partial charge in [0.05, 0.1) is 11.0 Å². The molecule has 0 fully saturated rings. The maximum Gasteiger partial charge on any atom is 0.226 e. The summed E-state index contributed by atoms with van der Waals surface area (Å²) in [6.07, 6.45) is 0. The van der Waals surface area contributed by atoms with Crippen LogP contribution in [-0.2, 0) is 0 Å². The van der Waals surface area contributed by atoms with Crippen LogP contribution in [0.25, 0.3) is 131 Å². The molecule has 0 radical (unpaired) electrons. The summed E-state index contributed by atoms with van der Waals surface area (Å²) in [7, 11) is 0. The highest BCUT2D eigenvalue weighted by Gasteiger charge is 2.18. The van der Waals surface area contributed by atoms with Crippen LogP contribution in [0.15, 0.2) is 206 Å². The first kappa shape index (κ1) is 37.6. The molecule has 3 aromatic heterocycles. The molecular formula is C59H35ClN4S. The number of hydrogen-bond acceptors (Lipinski definition) is 4. The fourth-order valence-electron chi connectivity index (χ4n) is 9.65. The Morgan fingerprint density at radius 2 is 0.892 bits per heavy atom. The van der Waals surface area contributed by atoms with Crippen molar-refractivity contribution in [2.75, 3.05) is 0 Å². The maximum atomic E-state index is 6.47. The van der Waals surface area contributed by atoms with Crippen LogP contribution < -0.4 is 0 Å². The molecule has 1 N–H and O–H groups in total. The van der Waals surface area contributed by atoms with Crippen molar-refractivity contribution in [1.82, 2.24) is 19.9 Å². The van der Waals surface area contributed by atoms with Crippen LogP contribution in [0.4, 0.5) is 0 Å². The minimum Gasteiger partial charge on any atom is -0.353 e. The van der Waals surface area contributed by atoms with Gasteiger partial charge in [0.25, 0.3) is 0 Å². The quantitative estimate of drug-likeness (QED) is 0.181. The van der Waals surface area contributed by atoms with E-state index >= 15 is 0 Å². The lowest BCUT2D eigenvalue weighted by molar-refractivity contribution is 1.07. The van der Waals surface area contributed by atoms with E-state index in [-0.39, 0.29) is 5.28 Å². The van der Waals surface area contributed by atoms with Gasteiger partial charge in [-0.15, -0.1) is 11.3 Å². The molecule has 6 heteroatoms. The molecule has 0 aliphatic heterocycles. The van der Waals surface area contributed by atoms with Crippen LogP contribution in [0, 0.1) is 0 Å². The number of aromatic nitrogens is 4. The molecule has 4 nitrogen and oxygen atoms in total. The Bertz CT molecular complexity index is 4000. The van der Waals surface area contributed by atoms with Crippen LogP contribution in [0.2, 0.25) is 5.28 Å². The molecule has 0 bridgehead atoms. The monoisotopic (exact) mass is 866 g/mol. The molecule has 3 heterocycles. The summed E-state index contributed by atoms with van der Waals surface area (Å²) in [6, 6.07) is 73.7. The molecule has 0 amide bonds. The van der Waals surface area contributed by atoms with Gasteiger partial charge >= 0.3 is 0 Å². The van der Waals surface area contributed by atoms with Gasteiger partial charge in [-0.05, 0) is 79.3 Å². The topological polar surface area (TPSA) is 54.5 Å². The number of fused-ring (bicyclic) bond motifs is 10. The number of aromatic amines is 1. The van der Waals surface area contributed by atoms with E-state index in [1.54, 1.807) is 0 Å². The van der Waals surface area contributed by atoms with Gasteiger partial charge in [-0.1, -0.05) is 188 Å². The zero-order valence-corrected chi connectivity index (χ0v) is 36.3. The maximum absolute atomic E-state index is 6.47. The van der Waals surface area contributed by atoms with Crippen molar-refractivity contribution in [3.63, 3.8) is 0 Å². The van der Waals surface area contributed by atoms with Crippen LogP contribution in [0.1, 0.15) is 0 Å². The standard InChI is InChI=1S/C59H35ClN4S/c60-59-63-57(39-23-19-36(20-24-39)35-9-2-1-3-10-35)62-58(64-59)40-25-21-37(22-26-40)41-12-6-13-42(33-41)43-28-30-45-44(34-43)29-32-52-53(45)51-18-8-17-50(56(51)65-52)48-16-7-15-47-49-31-27-38-11-4-5-14-46(38)54(49)61-55(47)48/h1-34,61H. The summed E-state index contributed by atoms with van der Waals surface area (Å²) in [5.41, 5.74) is 13.5. The fourth-order valence-corrected chi connectivity index (χ4v) is 11.1. The van der Waals surface area contributed by atoms with E-state index in [1.807, 2.05) is 41.7 Å². The highest BCUT2D eigenvalue weighted by atomic mass is 35.5. The van der Waals surface area contributed by atoms with E-state index in [0.717, 1.165) is 38.9 Å². The molecule has 13 rings (SSSR count). The Balaban J connectivity index is 0.813. The van der Waals surface area contributed by atoms with Gasteiger partial charge in [0.2, 0.25) is 5.28 Å². The van der Waals surface area contributed by atoms with Crippen molar-refractivity contribution in [3.8, 4) is 67.3 Å². The zero-order valence-electron chi connectivity index (χ0n) is 34.8. The predicted octanol–water partition coefficient (Wildman–Crippen LogP) is 16.8. The van der Waals surface area contributed by atoms with Gasteiger partial charge in [-0.3, -0.25) is 0 Å². The Hall–Kier alpha value is -7.96. The lowest BCUT2D eigenvalue weighted by atomic mass is 9.95. The third kappa shape index (κ3) is 6.39. The summed E-state index contributed by atoms with van der Waals surface area (Å²) in [5, 5.41) is 10.3. The summed E-state index contributed by atoms with van der Waals surface area (Å²) in [4.78, 5) is 17.7. The van der Waals surface area contributed by atoms with Crippen molar-refractivity contribution in [2.24, 2.45) is 0 Å². The Labute approximate surface area is 383 Å².